The molecule has 0 saturated heterocycles. The molecular formula is C31H33F2N3O5. The first kappa shape index (κ1) is 29.8. The van der Waals surface area contributed by atoms with Crippen molar-refractivity contribution in [1.82, 2.24) is 15.0 Å². The van der Waals surface area contributed by atoms with Crippen molar-refractivity contribution in [3.8, 4) is 39.7 Å². The van der Waals surface area contributed by atoms with Crippen molar-refractivity contribution < 1.29 is 32.3 Å². The van der Waals surface area contributed by atoms with Gasteiger partial charge < -0.3 is 18.7 Å². The first-order chi connectivity index (χ1) is 19.5. The van der Waals surface area contributed by atoms with Gasteiger partial charge in [-0.2, -0.15) is 4.98 Å². The van der Waals surface area contributed by atoms with Gasteiger partial charge in [-0.05, 0) is 63.2 Å². The fourth-order valence-corrected chi connectivity index (χ4v) is 4.41. The van der Waals surface area contributed by atoms with Crippen molar-refractivity contribution in [2.24, 2.45) is 0 Å². The summed E-state index contributed by atoms with van der Waals surface area (Å²) in [7, 11) is 4.71. The molecular weight excluding hydrogens is 532 g/mol. The summed E-state index contributed by atoms with van der Waals surface area (Å²) in [4.78, 5) is 18.2. The minimum Gasteiger partial charge on any atom is -0.493 e. The minimum atomic E-state index is -0.587. The highest BCUT2D eigenvalue weighted by molar-refractivity contribution is 5.76. The summed E-state index contributed by atoms with van der Waals surface area (Å²) >= 11 is 0. The second kappa shape index (κ2) is 12.6. The first-order valence-corrected chi connectivity index (χ1v) is 13.0. The molecule has 1 aromatic heterocycles. The highest BCUT2D eigenvalue weighted by Crippen LogP contribution is 2.36. The van der Waals surface area contributed by atoms with Crippen LogP contribution < -0.4 is 4.74 Å². The first-order valence-electron chi connectivity index (χ1n) is 13.0. The van der Waals surface area contributed by atoms with Gasteiger partial charge in [0, 0.05) is 35.9 Å². The van der Waals surface area contributed by atoms with E-state index in [1.165, 1.54) is 19.2 Å². The molecule has 4 aromatic rings. The molecule has 10 heteroatoms. The maximum Gasteiger partial charge on any atom is 0.320 e. The summed E-state index contributed by atoms with van der Waals surface area (Å²) in [6, 6.07) is 14.8. The average molecular weight is 566 g/mol. The van der Waals surface area contributed by atoms with Gasteiger partial charge in [0.25, 0.3) is 5.89 Å². The maximum atomic E-state index is 15.0. The van der Waals surface area contributed by atoms with E-state index >= 15 is 0 Å². The van der Waals surface area contributed by atoms with E-state index in [9.17, 15) is 13.6 Å². The predicted molar refractivity (Wildman–Crippen MR) is 150 cm³/mol. The molecule has 0 fully saturated rings. The number of rotatable bonds is 10. The molecule has 0 N–H and O–H groups in total. The summed E-state index contributed by atoms with van der Waals surface area (Å²) in [5.74, 6) is -0.715. The summed E-state index contributed by atoms with van der Waals surface area (Å²) in [6.45, 7) is 5.88. The number of esters is 1. The molecule has 216 valence electrons. The van der Waals surface area contributed by atoms with Crippen LogP contribution in [0, 0.1) is 11.6 Å². The Balaban J connectivity index is 1.54. The van der Waals surface area contributed by atoms with Crippen LogP contribution in [0.2, 0.25) is 0 Å². The summed E-state index contributed by atoms with van der Waals surface area (Å²) in [5, 5.41) is 4.04. The van der Waals surface area contributed by atoms with E-state index in [0.29, 0.717) is 22.3 Å². The Morgan fingerprint density at radius 2 is 1.71 bits per heavy atom. The zero-order valence-corrected chi connectivity index (χ0v) is 24.0. The van der Waals surface area contributed by atoms with Gasteiger partial charge in [-0.1, -0.05) is 35.5 Å². The largest absolute Gasteiger partial charge is 0.493 e. The number of hydrogen-bond acceptors (Lipinski definition) is 8. The third-order valence-electron chi connectivity index (χ3n) is 6.11. The normalized spacial score (nSPS) is 11.6. The quantitative estimate of drug-likeness (QED) is 0.208. The second-order valence-electron chi connectivity index (χ2n) is 10.6. The highest BCUT2D eigenvalue weighted by atomic mass is 19.1. The maximum absolute atomic E-state index is 15.0. The third-order valence-corrected chi connectivity index (χ3v) is 6.11. The number of hydrogen-bond donors (Lipinski definition) is 0. The topological polar surface area (TPSA) is 86.9 Å². The van der Waals surface area contributed by atoms with Gasteiger partial charge in [0.1, 0.15) is 11.4 Å². The minimum absolute atomic E-state index is 0.0303. The molecule has 0 radical (unpaired) electrons. The zero-order valence-electron chi connectivity index (χ0n) is 24.0. The third kappa shape index (κ3) is 7.33. The van der Waals surface area contributed by atoms with Crippen LogP contribution in [0.15, 0.2) is 59.1 Å². The van der Waals surface area contributed by atoms with Crippen LogP contribution in [-0.2, 0) is 27.4 Å². The molecule has 0 spiro atoms. The SMILES string of the molecule is COCc1cc(-c2nc(-c3ccc(CN(C)CC(=O)OC(C)(C)C)c(F)c3)no2)ccc1-c1cccc(F)c1OC. The van der Waals surface area contributed by atoms with Crippen LogP contribution in [0.25, 0.3) is 34.0 Å². The van der Waals surface area contributed by atoms with Gasteiger partial charge in [0.2, 0.25) is 5.82 Å². The number of carbonyl (C=O) groups is 1. The van der Waals surface area contributed by atoms with E-state index in [4.69, 9.17) is 18.7 Å². The Labute approximate surface area is 237 Å². The van der Waals surface area contributed by atoms with Crippen LogP contribution >= 0.6 is 0 Å². The standard InChI is InChI=1S/C31H33F2N3O5/c1-31(2,3)40-27(37)17-36(4)16-21-11-10-19(15-26(21)33)29-34-30(41-35-29)20-12-13-23(22(14-20)18-38-5)24-8-7-9-25(32)28(24)39-6/h7-15H,16-18H2,1-6H3. The number of methoxy groups -OCH3 is 2. The number of ether oxygens (including phenoxy) is 3. The fraction of sp³-hybridized carbons (Fsp3) is 0.323. The lowest BCUT2D eigenvalue weighted by Crippen LogP contribution is -2.32. The van der Waals surface area contributed by atoms with Crippen molar-refractivity contribution in [3.63, 3.8) is 0 Å². The predicted octanol–water partition coefficient (Wildman–Crippen LogP) is 6.28. The monoisotopic (exact) mass is 565 g/mol. The van der Waals surface area contributed by atoms with Gasteiger partial charge >= 0.3 is 5.97 Å². The molecule has 3 aromatic carbocycles. The lowest BCUT2D eigenvalue weighted by molar-refractivity contribution is -0.155. The Morgan fingerprint density at radius 3 is 2.39 bits per heavy atom. The summed E-state index contributed by atoms with van der Waals surface area (Å²) < 4.78 is 50.8. The lowest BCUT2D eigenvalue weighted by Gasteiger charge is -2.22. The van der Waals surface area contributed by atoms with Crippen LogP contribution in [0.3, 0.4) is 0 Å². The van der Waals surface area contributed by atoms with E-state index in [-0.39, 0.29) is 43.1 Å². The van der Waals surface area contributed by atoms with E-state index in [0.717, 1.165) is 11.1 Å². The number of nitrogens with zero attached hydrogens (tertiary/aromatic N) is 3. The molecule has 4 rings (SSSR count). The highest BCUT2D eigenvalue weighted by Gasteiger charge is 2.20. The molecule has 1 heterocycles. The average Bonchev–Trinajstić information content (AvgIpc) is 3.39. The molecule has 0 aliphatic heterocycles. The van der Waals surface area contributed by atoms with Gasteiger partial charge in [0.05, 0.1) is 20.3 Å². The van der Waals surface area contributed by atoms with Gasteiger partial charge in [-0.15, -0.1) is 0 Å². The van der Waals surface area contributed by atoms with E-state index in [1.54, 1.807) is 70.2 Å². The van der Waals surface area contributed by atoms with Gasteiger partial charge in [-0.25, -0.2) is 8.78 Å². The van der Waals surface area contributed by atoms with Crippen LogP contribution in [0.1, 0.15) is 31.9 Å². The Bertz CT molecular complexity index is 1530. The molecule has 0 saturated carbocycles. The van der Waals surface area contributed by atoms with Gasteiger partial charge in [0.15, 0.2) is 11.6 Å². The number of likely N-dealkylation sites (N-methyl/N-ethyl adjacent to an activating group) is 1. The number of para-hydroxylation sites is 1. The van der Waals surface area contributed by atoms with Crippen LogP contribution in [0.4, 0.5) is 8.78 Å². The smallest absolute Gasteiger partial charge is 0.320 e. The second-order valence-corrected chi connectivity index (χ2v) is 10.6. The fourth-order valence-electron chi connectivity index (χ4n) is 4.41. The van der Waals surface area contributed by atoms with Crippen molar-refractivity contribution in [3.05, 3.63) is 77.4 Å². The Kier molecular flexibility index (Phi) is 9.14. The van der Waals surface area contributed by atoms with Gasteiger partial charge in [-0.3, -0.25) is 9.69 Å². The lowest BCUT2D eigenvalue weighted by atomic mass is 9.96. The van der Waals surface area contributed by atoms with Crippen molar-refractivity contribution >= 4 is 5.97 Å². The molecule has 41 heavy (non-hydrogen) atoms. The van der Waals surface area contributed by atoms with Crippen molar-refractivity contribution in [2.75, 3.05) is 27.8 Å². The van der Waals surface area contributed by atoms with E-state index in [1.807, 2.05) is 12.1 Å². The Hall–Kier alpha value is -4.15. The number of halogens is 2. The number of benzene rings is 3. The van der Waals surface area contributed by atoms with Crippen molar-refractivity contribution in [2.45, 2.75) is 39.5 Å². The molecule has 0 bridgehead atoms. The molecule has 0 amide bonds. The summed E-state index contributed by atoms with van der Waals surface area (Å²) in [6.07, 6.45) is 0. The number of carbonyl (C=O) groups excluding carboxylic acids is 1. The molecule has 0 aliphatic rings. The number of aromatic nitrogens is 2. The van der Waals surface area contributed by atoms with E-state index < -0.39 is 17.2 Å². The molecule has 8 nitrogen and oxygen atoms in total. The zero-order chi connectivity index (χ0) is 29.7. The van der Waals surface area contributed by atoms with E-state index in [2.05, 4.69) is 10.1 Å². The van der Waals surface area contributed by atoms with Crippen molar-refractivity contribution in [1.29, 1.82) is 0 Å². The van der Waals surface area contributed by atoms with Crippen LogP contribution in [-0.4, -0.2) is 54.4 Å². The molecule has 0 atom stereocenters. The molecule has 0 aliphatic carbocycles. The Morgan fingerprint density at radius 1 is 0.951 bits per heavy atom. The summed E-state index contributed by atoms with van der Waals surface area (Å²) in [5.41, 5.74) is 2.97. The molecule has 0 unspecified atom stereocenters. The van der Waals surface area contributed by atoms with Crippen LogP contribution in [0.5, 0.6) is 5.75 Å².